The van der Waals surface area contributed by atoms with Crippen molar-refractivity contribution in [2.45, 2.75) is 51.4 Å². The van der Waals surface area contributed by atoms with E-state index in [0.29, 0.717) is 12.8 Å². The second kappa shape index (κ2) is 5.56. The number of amides is 1. The van der Waals surface area contributed by atoms with E-state index in [1.165, 1.54) is 7.11 Å². The van der Waals surface area contributed by atoms with Gasteiger partial charge in [0.2, 0.25) is 0 Å². The van der Waals surface area contributed by atoms with Gasteiger partial charge in [0.05, 0.1) is 25.2 Å². The summed E-state index contributed by atoms with van der Waals surface area (Å²) in [7, 11) is 1.31. The maximum Gasteiger partial charge on any atom is 0.407 e. The molecule has 0 spiro atoms. The van der Waals surface area contributed by atoms with E-state index in [0.717, 1.165) is 0 Å². The zero-order valence-electron chi connectivity index (χ0n) is 11.2. The number of esters is 1. The highest BCUT2D eigenvalue weighted by molar-refractivity contribution is 5.73. The van der Waals surface area contributed by atoms with Gasteiger partial charge in [-0.3, -0.25) is 4.79 Å². The molecule has 6 heteroatoms. The summed E-state index contributed by atoms with van der Waals surface area (Å²) >= 11 is 0. The van der Waals surface area contributed by atoms with E-state index in [9.17, 15) is 14.7 Å². The van der Waals surface area contributed by atoms with Crippen LogP contribution in [-0.2, 0) is 14.3 Å². The minimum Gasteiger partial charge on any atom is -0.469 e. The molecule has 0 bridgehead atoms. The molecule has 104 valence electrons. The summed E-state index contributed by atoms with van der Waals surface area (Å²) in [4.78, 5) is 22.9. The lowest BCUT2D eigenvalue weighted by molar-refractivity contribution is -0.145. The summed E-state index contributed by atoms with van der Waals surface area (Å²) in [5.41, 5.74) is -0.588. The van der Waals surface area contributed by atoms with Crippen LogP contribution >= 0.6 is 0 Å². The number of carbonyl (C=O) groups excluding carboxylic acids is 2. The van der Waals surface area contributed by atoms with Crippen molar-refractivity contribution in [3.8, 4) is 0 Å². The van der Waals surface area contributed by atoms with Crippen molar-refractivity contribution >= 4 is 12.1 Å². The van der Waals surface area contributed by atoms with Crippen LogP contribution in [0.5, 0.6) is 0 Å². The third-order valence-corrected chi connectivity index (χ3v) is 2.77. The van der Waals surface area contributed by atoms with Gasteiger partial charge < -0.3 is 19.9 Å². The number of methoxy groups -OCH3 is 1. The standard InChI is InChI=1S/C12H21NO5/c1-12(2,3)18-11(16)13-8-5-7(6-9(8)14)10(15)17-4/h7-9,14H,5-6H2,1-4H3,(H,13,16)/t7-,8+,9-/m0/s1. The molecule has 3 atom stereocenters. The number of ether oxygens (including phenoxy) is 2. The largest absolute Gasteiger partial charge is 0.469 e. The fourth-order valence-corrected chi connectivity index (χ4v) is 1.99. The Kier molecular flexibility index (Phi) is 4.56. The monoisotopic (exact) mass is 259 g/mol. The lowest BCUT2D eigenvalue weighted by Crippen LogP contribution is -2.42. The van der Waals surface area contributed by atoms with Gasteiger partial charge in [-0.25, -0.2) is 4.79 Å². The smallest absolute Gasteiger partial charge is 0.407 e. The molecular formula is C12H21NO5. The van der Waals surface area contributed by atoms with E-state index >= 15 is 0 Å². The zero-order valence-corrected chi connectivity index (χ0v) is 11.2. The highest BCUT2D eigenvalue weighted by Crippen LogP contribution is 2.27. The van der Waals surface area contributed by atoms with Gasteiger partial charge in [0, 0.05) is 0 Å². The van der Waals surface area contributed by atoms with E-state index < -0.39 is 23.8 Å². The average molecular weight is 259 g/mol. The molecule has 0 aromatic carbocycles. The lowest BCUT2D eigenvalue weighted by atomic mass is 10.1. The topological polar surface area (TPSA) is 84.9 Å². The molecular weight excluding hydrogens is 238 g/mol. The molecule has 1 aliphatic rings. The van der Waals surface area contributed by atoms with Crippen LogP contribution in [0.4, 0.5) is 4.79 Å². The highest BCUT2D eigenvalue weighted by atomic mass is 16.6. The quantitative estimate of drug-likeness (QED) is 0.717. The molecule has 6 nitrogen and oxygen atoms in total. The third kappa shape index (κ3) is 4.18. The van der Waals surface area contributed by atoms with Gasteiger partial charge in [0.15, 0.2) is 0 Å². The van der Waals surface area contributed by atoms with Gasteiger partial charge in [0.25, 0.3) is 0 Å². The van der Waals surface area contributed by atoms with Crippen LogP contribution in [-0.4, -0.2) is 42.0 Å². The molecule has 0 heterocycles. The minimum absolute atomic E-state index is 0.299. The third-order valence-electron chi connectivity index (χ3n) is 2.77. The van der Waals surface area contributed by atoms with Crippen LogP contribution in [0.15, 0.2) is 0 Å². The number of nitrogens with one attached hydrogen (secondary N) is 1. The Hall–Kier alpha value is -1.30. The van der Waals surface area contributed by atoms with Gasteiger partial charge in [-0.15, -0.1) is 0 Å². The van der Waals surface area contributed by atoms with E-state index in [1.807, 2.05) is 0 Å². The van der Waals surface area contributed by atoms with Crippen molar-refractivity contribution in [3.63, 3.8) is 0 Å². The van der Waals surface area contributed by atoms with Gasteiger partial charge in [0.1, 0.15) is 5.60 Å². The Morgan fingerprint density at radius 3 is 2.39 bits per heavy atom. The molecule has 18 heavy (non-hydrogen) atoms. The summed E-state index contributed by atoms with van der Waals surface area (Å²) in [5.74, 6) is -0.729. The molecule has 1 amide bonds. The molecule has 1 rings (SSSR count). The summed E-state index contributed by atoms with van der Waals surface area (Å²) in [6.45, 7) is 5.28. The maximum absolute atomic E-state index is 11.5. The maximum atomic E-state index is 11.5. The Labute approximate surface area is 107 Å². The first-order valence-electron chi connectivity index (χ1n) is 5.98. The molecule has 0 aromatic heterocycles. The lowest BCUT2D eigenvalue weighted by Gasteiger charge is -2.22. The molecule has 2 N–H and O–H groups in total. The van der Waals surface area contributed by atoms with Crippen LogP contribution in [0.3, 0.4) is 0 Å². The second-order valence-corrected chi connectivity index (χ2v) is 5.51. The number of rotatable bonds is 2. The summed E-state index contributed by atoms with van der Waals surface area (Å²) in [6.07, 6.45) is -0.668. The predicted molar refractivity (Wildman–Crippen MR) is 63.9 cm³/mol. The van der Waals surface area contributed by atoms with Crippen LogP contribution < -0.4 is 5.32 Å². The summed E-state index contributed by atoms with van der Waals surface area (Å²) in [6, 6.07) is -0.469. The van der Waals surface area contributed by atoms with Crippen molar-refractivity contribution < 1.29 is 24.2 Å². The highest BCUT2D eigenvalue weighted by Gasteiger charge is 2.38. The first kappa shape index (κ1) is 14.8. The second-order valence-electron chi connectivity index (χ2n) is 5.51. The van der Waals surface area contributed by atoms with Crippen molar-refractivity contribution in [2.24, 2.45) is 5.92 Å². The molecule has 0 saturated heterocycles. The molecule has 1 fully saturated rings. The van der Waals surface area contributed by atoms with Crippen LogP contribution in [0.25, 0.3) is 0 Å². The minimum atomic E-state index is -0.749. The zero-order chi connectivity index (χ0) is 13.9. The number of hydrogen-bond donors (Lipinski definition) is 2. The van der Waals surface area contributed by atoms with Crippen molar-refractivity contribution in [1.29, 1.82) is 0 Å². The SMILES string of the molecule is COC(=O)[C@@H]1C[C@H](O)[C@H](NC(=O)OC(C)(C)C)C1. The fourth-order valence-electron chi connectivity index (χ4n) is 1.99. The Morgan fingerprint density at radius 2 is 1.89 bits per heavy atom. The molecule has 1 saturated carbocycles. The number of aliphatic hydroxyl groups excluding tert-OH is 1. The van der Waals surface area contributed by atoms with Crippen LogP contribution in [0.2, 0.25) is 0 Å². The predicted octanol–water partition coefficient (Wildman–Crippen LogP) is 0.824. The molecule has 0 radical (unpaired) electrons. The van der Waals surface area contributed by atoms with Gasteiger partial charge >= 0.3 is 12.1 Å². The molecule has 0 aliphatic heterocycles. The van der Waals surface area contributed by atoms with Crippen molar-refractivity contribution in [1.82, 2.24) is 5.32 Å². The first-order valence-corrected chi connectivity index (χ1v) is 5.98. The van der Waals surface area contributed by atoms with Gasteiger partial charge in [-0.2, -0.15) is 0 Å². The fraction of sp³-hybridized carbons (Fsp3) is 0.833. The molecule has 0 unspecified atom stereocenters. The normalized spacial score (nSPS) is 27.7. The number of hydrogen-bond acceptors (Lipinski definition) is 5. The molecule has 0 aromatic rings. The molecule has 1 aliphatic carbocycles. The first-order chi connectivity index (χ1) is 8.23. The van der Waals surface area contributed by atoms with E-state index in [4.69, 9.17) is 4.74 Å². The van der Waals surface area contributed by atoms with Crippen molar-refractivity contribution in [3.05, 3.63) is 0 Å². The van der Waals surface area contributed by atoms with Crippen LogP contribution in [0, 0.1) is 5.92 Å². The van der Waals surface area contributed by atoms with E-state index in [1.54, 1.807) is 20.8 Å². The van der Waals surface area contributed by atoms with Crippen LogP contribution in [0.1, 0.15) is 33.6 Å². The van der Waals surface area contributed by atoms with E-state index in [-0.39, 0.29) is 11.9 Å². The van der Waals surface area contributed by atoms with Crippen molar-refractivity contribution in [2.75, 3.05) is 7.11 Å². The number of aliphatic hydroxyl groups is 1. The number of carbonyl (C=O) groups is 2. The Balaban J connectivity index is 2.49. The number of alkyl carbamates (subject to hydrolysis) is 1. The van der Waals surface area contributed by atoms with Gasteiger partial charge in [-0.05, 0) is 33.6 Å². The Morgan fingerprint density at radius 1 is 1.28 bits per heavy atom. The average Bonchev–Trinajstić information content (AvgIpc) is 2.56. The van der Waals surface area contributed by atoms with Gasteiger partial charge in [-0.1, -0.05) is 0 Å². The van der Waals surface area contributed by atoms with E-state index in [2.05, 4.69) is 10.1 Å². The summed E-state index contributed by atoms with van der Waals surface area (Å²) < 4.78 is 9.72. The Bertz CT molecular complexity index is 323. The summed E-state index contributed by atoms with van der Waals surface area (Å²) in [5, 5.41) is 12.3.